The third-order valence-electron chi connectivity index (χ3n) is 3.28. The van der Waals surface area contributed by atoms with Gasteiger partial charge < -0.3 is 15.4 Å². The molecule has 1 rings (SSSR count). The van der Waals surface area contributed by atoms with Crippen LogP contribution in [0.2, 0.25) is 0 Å². The Morgan fingerprint density at radius 1 is 1.53 bits per heavy atom. The van der Waals surface area contributed by atoms with Gasteiger partial charge in [0.2, 0.25) is 0 Å². The first-order valence-corrected chi connectivity index (χ1v) is 6.03. The molecule has 3 heteroatoms. The average Bonchev–Trinajstić information content (AvgIpc) is 2.45. The molecule has 2 N–H and O–H groups in total. The SMILES string of the molecule is CCN(CC(C)C)CC1(C)COCC1N. The van der Waals surface area contributed by atoms with Crippen LogP contribution in [0.5, 0.6) is 0 Å². The molecule has 2 unspecified atom stereocenters. The molecule has 1 aliphatic rings. The summed E-state index contributed by atoms with van der Waals surface area (Å²) in [5.74, 6) is 0.715. The largest absolute Gasteiger partial charge is 0.379 e. The molecule has 90 valence electrons. The predicted octanol–water partition coefficient (Wildman–Crippen LogP) is 1.33. The Kier molecular flexibility index (Phi) is 4.56. The quantitative estimate of drug-likeness (QED) is 0.750. The maximum absolute atomic E-state index is 6.10. The van der Waals surface area contributed by atoms with Gasteiger partial charge in [-0.1, -0.05) is 27.7 Å². The van der Waals surface area contributed by atoms with Gasteiger partial charge in [-0.2, -0.15) is 0 Å². The first kappa shape index (κ1) is 12.9. The van der Waals surface area contributed by atoms with E-state index in [2.05, 4.69) is 32.6 Å². The zero-order chi connectivity index (χ0) is 11.5. The van der Waals surface area contributed by atoms with Crippen LogP contribution >= 0.6 is 0 Å². The normalized spacial score (nSPS) is 31.8. The van der Waals surface area contributed by atoms with Gasteiger partial charge in [0.25, 0.3) is 0 Å². The van der Waals surface area contributed by atoms with Crippen LogP contribution < -0.4 is 5.73 Å². The molecule has 1 aliphatic heterocycles. The summed E-state index contributed by atoms with van der Waals surface area (Å²) in [5, 5.41) is 0. The molecule has 0 bridgehead atoms. The molecule has 1 heterocycles. The molecule has 0 saturated carbocycles. The minimum Gasteiger partial charge on any atom is -0.379 e. The minimum atomic E-state index is 0.144. The van der Waals surface area contributed by atoms with Crippen molar-refractivity contribution in [3.63, 3.8) is 0 Å². The highest BCUT2D eigenvalue weighted by atomic mass is 16.5. The van der Waals surface area contributed by atoms with Crippen molar-refractivity contribution < 1.29 is 4.74 Å². The molecule has 0 aromatic carbocycles. The summed E-state index contributed by atoms with van der Waals surface area (Å²) in [6, 6.07) is 0.193. The fourth-order valence-electron chi connectivity index (χ4n) is 2.22. The van der Waals surface area contributed by atoms with E-state index in [1.165, 1.54) is 0 Å². The summed E-state index contributed by atoms with van der Waals surface area (Å²) < 4.78 is 5.47. The fraction of sp³-hybridized carbons (Fsp3) is 1.00. The molecule has 0 aromatic rings. The Morgan fingerprint density at radius 3 is 2.60 bits per heavy atom. The Morgan fingerprint density at radius 2 is 2.20 bits per heavy atom. The fourth-order valence-corrected chi connectivity index (χ4v) is 2.22. The lowest BCUT2D eigenvalue weighted by Gasteiger charge is -2.34. The molecule has 1 fully saturated rings. The lowest BCUT2D eigenvalue weighted by Crippen LogP contribution is -2.47. The van der Waals surface area contributed by atoms with E-state index in [4.69, 9.17) is 10.5 Å². The van der Waals surface area contributed by atoms with Crippen molar-refractivity contribution in [3.05, 3.63) is 0 Å². The summed E-state index contributed by atoms with van der Waals surface area (Å²) in [4.78, 5) is 2.49. The Bertz CT molecular complexity index is 196. The van der Waals surface area contributed by atoms with Crippen molar-refractivity contribution in [1.82, 2.24) is 4.90 Å². The van der Waals surface area contributed by atoms with E-state index in [0.717, 1.165) is 32.8 Å². The molecule has 0 amide bonds. The van der Waals surface area contributed by atoms with Gasteiger partial charge in [0, 0.05) is 24.5 Å². The van der Waals surface area contributed by atoms with Crippen molar-refractivity contribution in [2.75, 3.05) is 32.8 Å². The van der Waals surface area contributed by atoms with Crippen molar-refractivity contribution in [1.29, 1.82) is 0 Å². The van der Waals surface area contributed by atoms with Gasteiger partial charge in [-0.05, 0) is 12.5 Å². The van der Waals surface area contributed by atoms with Crippen molar-refractivity contribution in [2.24, 2.45) is 17.1 Å². The van der Waals surface area contributed by atoms with Gasteiger partial charge in [0.15, 0.2) is 0 Å². The van der Waals surface area contributed by atoms with Crippen molar-refractivity contribution in [2.45, 2.75) is 33.7 Å². The predicted molar refractivity (Wildman–Crippen MR) is 63.9 cm³/mol. The van der Waals surface area contributed by atoms with Crippen LogP contribution in [0.1, 0.15) is 27.7 Å². The second-order valence-electron chi connectivity index (χ2n) is 5.50. The van der Waals surface area contributed by atoms with Gasteiger partial charge in [0.1, 0.15) is 0 Å². The number of ether oxygens (including phenoxy) is 1. The number of rotatable bonds is 5. The van der Waals surface area contributed by atoms with E-state index < -0.39 is 0 Å². The lowest BCUT2D eigenvalue weighted by molar-refractivity contribution is 0.115. The van der Waals surface area contributed by atoms with Gasteiger partial charge in [-0.3, -0.25) is 0 Å². The van der Waals surface area contributed by atoms with Crippen LogP contribution in [0, 0.1) is 11.3 Å². The zero-order valence-electron chi connectivity index (χ0n) is 10.6. The zero-order valence-corrected chi connectivity index (χ0v) is 10.6. The molecule has 0 aliphatic carbocycles. The number of nitrogens with zero attached hydrogens (tertiary/aromatic N) is 1. The van der Waals surface area contributed by atoms with E-state index in [0.29, 0.717) is 5.92 Å². The van der Waals surface area contributed by atoms with Crippen LogP contribution in [-0.2, 0) is 4.74 Å². The number of hydrogen-bond acceptors (Lipinski definition) is 3. The van der Waals surface area contributed by atoms with Crippen LogP contribution in [0.3, 0.4) is 0 Å². The molecule has 2 atom stereocenters. The Labute approximate surface area is 94.0 Å². The summed E-state index contributed by atoms with van der Waals surface area (Å²) in [6.45, 7) is 13.8. The molecule has 0 spiro atoms. The van der Waals surface area contributed by atoms with E-state index in [1.54, 1.807) is 0 Å². The summed E-state index contributed by atoms with van der Waals surface area (Å²) >= 11 is 0. The standard InChI is InChI=1S/C12H26N2O/c1-5-14(6-10(2)3)8-12(4)9-15-7-11(12)13/h10-11H,5-9,13H2,1-4H3. The first-order chi connectivity index (χ1) is 6.98. The lowest BCUT2D eigenvalue weighted by atomic mass is 9.85. The van der Waals surface area contributed by atoms with Gasteiger partial charge in [-0.25, -0.2) is 0 Å². The van der Waals surface area contributed by atoms with Gasteiger partial charge >= 0.3 is 0 Å². The van der Waals surface area contributed by atoms with Crippen LogP contribution in [0.25, 0.3) is 0 Å². The highest BCUT2D eigenvalue weighted by Gasteiger charge is 2.38. The molecular formula is C12H26N2O. The van der Waals surface area contributed by atoms with Crippen LogP contribution in [0.15, 0.2) is 0 Å². The Hall–Kier alpha value is -0.120. The topological polar surface area (TPSA) is 38.5 Å². The van der Waals surface area contributed by atoms with E-state index in [1.807, 2.05) is 0 Å². The molecule has 0 radical (unpaired) electrons. The third kappa shape index (κ3) is 3.44. The second kappa shape index (κ2) is 5.28. The second-order valence-corrected chi connectivity index (χ2v) is 5.50. The smallest absolute Gasteiger partial charge is 0.0624 e. The van der Waals surface area contributed by atoms with E-state index >= 15 is 0 Å². The maximum atomic E-state index is 6.10. The summed E-state index contributed by atoms with van der Waals surface area (Å²) in [7, 11) is 0. The molecule has 3 nitrogen and oxygen atoms in total. The average molecular weight is 214 g/mol. The highest BCUT2D eigenvalue weighted by Crippen LogP contribution is 2.28. The van der Waals surface area contributed by atoms with Gasteiger partial charge in [-0.15, -0.1) is 0 Å². The van der Waals surface area contributed by atoms with Crippen LogP contribution in [-0.4, -0.2) is 43.8 Å². The number of hydrogen-bond donors (Lipinski definition) is 1. The van der Waals surface area contributed by atoms with E-state index in [-0.39, 0.29) is 11.5 Å². The molecular weight excluding hydrogens is 188 g/mol. The van der Waals surface area contributed by atoms with E-state index in [9.17, 15) is 0 Å². The van der Waals surface area contributed by atoms with Crippen molar-refractivity contribution in [3.8, 4) is 0 Å². The third-order valence-corrected chi connectivity index (χ3v) is 3.28. The monoisotopic (exact) mass is 214 g/mol. The number of nitrogens with two attached hydrogens (primary N) is 1. The molecule has 0 aromatic heterocycles. The van der Waals surface area contributed by atoms with Crippen LogP contribution in [0.4, 0.5) is 0 Å². The summed E-state index contributed by atoms with van der Waals surface area (Å²) in [5.41, 5.74) is 6.24. The molecule has 15 heavy (non-hydrogen) atoms. The minimum absolute atomic E-state index is 0.144. The first-order valence-electron chi connectivity index (χ1n) is 6.03. The van der Waals surface area contributed by atoms with Gasteiger partial charge in [0.05, 0.1) is 13.2 Å². The maximum Gasteiger partial charge on any atom is 0.0624 e. The summed E-state index contributed by atoms with van der Waals surface area (Å²) in [6.07, 6.45) is 0. The highest BCUT2D eigenvalue weighted by molar-refractivity contribution is 4.92. The van der Waals surface area contributed by atoms with Crippen molar-refractivity contribution >= 4 is 0 Å². The molecule has 1 saturated heterocycles. The Balaban J connectivity index is 2.50.